The van der Waals surface area contributed by atoms with E-state index in [4.69, 9.17) is 4.74 Å². The molecule has 4 rings (SSSR count). The third kappa shape index (κ3) is 4.26. The Morgan fingerprint density at radius 1 is 1.11 bits per heavy atom. The number of rotatable bonds is 5. The van der Waals surface area contributed by atoms with E-state index in [-0.39, 0.29) is 5.91 Å². The first kappa shape index (κ1) is 17.9. The van der Waals surface area contributed by atoms with E-state index in [1.165, 1.54) is 5.56 Å². The number of para-hydroxylation sites is 1. The maximum atomic E-state index is 12.9. The van der Waals surface area contributed by atoms with E-state index in [1.54, 1.807) is 12.4 Å². The van der Waals surface area contributed by atoms with E-state index in [0.29, 0.717) is 11.5 Å². The van der Waals surface area contributed by atoms with Gasteiger partial charge in [-0.2, -0.15) is 0 Å². The van der Waals surface area contributed by atoms with Gasteiger partial charge in [0, 0.05) is 50.8 Å². The summed E-state index contributed by atoms with van der Waals surface area (Å²) in [7, 11) is 0. The molecule has 0 saturated carbocycles. The molecule has 142 valence electrons. The second-order valence-electron chi connectivity index (χ2n) is 6.87. The van der Waals surface area contributed by atoms with Crippen molar-refractivity contribution in [3.05, 3.63) is 47.8 Å². The Bertz CT molecular complexity index is 774. The third-order valence-electron chi connectivity index (χ3n) is 5.07. The van der Waals surface area contributed by atoms with Gasteiger partial charge in [-0.15, -0.1) is 0 Å². The molecule has 2 aliphatic rings. The summed E-state index contributed by atoms with van der Waals surface area (Å²) in [6.07, 6.45) is 5.22. The first-order valence-electron chi connectivity index (χ1n) is 9.57. The number of ether oxygens (including phenoxy) is 1. The first-order valence-corrected chi connectivity index (χ1v) is 9.57. The fourth-order valence-corrected chi connectivity index (χ4v) is 3.58. The van der Waals surface area contributed by atoms with Gasteiger partial charge >= 0.3 is 0 Å². The summed E-state index contributed by atoms with van der Waals surface area (Å²) in [5, 5.41) is 3.22. The molecule has 0 bridgehead atoms. The van der Waals surface area contributed by atoms with Crippen molar-refractivity contribution in [3.63, 3.8) is 0 Å². The zero-order valence-corrected chi connectivity index (χ0v) is 15.4. The van der Waals surface area contributed by atoms with Crippen LogP contribution in [0.25, 0.3) is 0 Å². The first-order chi connectivity index (χ1) is 13.3. The predicted molar refractivity (Wildman–Crippen MR) is 104 cm³/mol. The lowest BCUT2D eigenvalue weighted by Gasteiger charge is -2.29. The SMILES string of the molecule is O=C(c1cnc(NCCN2CCOCC2)nc1)N1CCCc2ccccc21. The summed E-state index contributed by atoms with van der Waals surface area (Å²) in [4.78, 5) is 25.7. The smallest absolute Gasteiger partial charge is 0.261 e. The molecule has 2 aromatic rings. The van der Waals surface area contributed by atoms with Gasteiger partial charge in [0.1, 0.15) is 0 Å². The van der Waals surface area contributed by atoms with Crippen molar-refractivity contribution in [2.24, 2.45) is 0 Å². The monoisotopic (exact) mass is 367 g/mol. The number of nitrogens with zero attached hydrogens (tertiary/aromatic N) is 4. The summed E-state index contributed by atoms with van der Waals surface area (Å²) in [6.45, 7) is 5.96. The molecule has 1 aromatic heterocycles. The van der Waals surface area contributed by atoms with Crippen LogP contribution in [0.2, 0.25) is 0 Å². The zero-order valence-electron chi connectivity index (χ0n) is 15.4. The van der Waals surface area contributed by atoms with Crippen molar-refractivity contribution in [1.29, 1.82) is 0 Å². The van der Waals surface area contributed by atoms with Crippen molar-refractivity contribution in [2.45, 2.75) is 12.8 Å². The molecular formula is C20H25N5O2. The molecule has 2 aliphatic heterocycles. The maximum Gasteiger partial charge on any atom is 0.261 e. The molecule has 1 saturated heterocycles. The van der Waals surface area contributed by atoms with E-state index < -0.39 is 0 Å². The van der Waals surface area contributed by atoms with E-state index in [9.17, 15) is 4.79 Å². The van der Waals surface area contributed by atoms with Crippen molar-refractivity contribution in [2.75, 3.05) is 56.2 Å². The number of hydrogen-bond acceptors (Lipinski definition) is 6. The zero-order chi connectivity index (χ0) is 18.5. The minimum absolute atomic E-state index is 0.0398. The van der Waals surface area contributed by atoms with Gasteiger partial charge in [-0.05, 0) is 24.5 Å². The van der Waals surface area contributed by atoms with E-state index in [2.05, 4.69) is 26.3 Å². The number of nitrogens with one attached hydrogen (secondary N) is 1. The minimum Gasteiger partial charge on any atom is -0.379 e. The summed E-state index contributed by atoms with van der Waals surface area (Å²) < 4.78 is 5.35. The average Bonchev–Trinajstić information content (AvgIpc) is 2.74. The molecule has 27 heavy (non-hydrogen) atoms. The van der Waals surface area contributed by atoms with Crippen molar-refractivity contribution in [1.82, 2.24) is 14.9 Å². The molecule has 7 heteroatoms. The number of aromatic nitrogens is 2. The van der Waals surface area contributed by atoms with Crippen molar-refractivity contribution in [3.8, 4) is 0 Å². The quantitative estimate of drug-likeness (QED) is 0.869. The summed E-state index contributed by atoms with van der Waals surface area (Å²) in [6, 6.07) is 8.09. The summed E-state index contributed by atoms with van der Waals surface area (Å²) in [5.41, 5.74) is 2.74. The highest BCUT2D eigenvalue weighted by Crippen LogP contribution is 2.27. The van der Waals surface area contributed by atoms with Crippen LogP contribution in [0, 0.1) is 0 Å². The number of fused-ring (bicyclic) bond motifs is 1. The average molecular weight is 367 g/mol. The molecule has 0 unspecified atom stereocenters. The lowest BCUT2D eigenvalue weighted by molar-refractivity contribution is 0.0398. The van der Waals surface area contributed by atoms with Gasteiger partial charge in [-0.25, -0.2) is 9.97 Å². The Kier molecular flexibility index (Phi) is 5.60. The van der Waals surface area contributed by atoms with Gasteiger partial charge < -0.3 is 15.0 Å². The van der Waals surface area contributed by atoms with Crippen LogP contribution in [0.15, 0.2) is 36.7 Å². The lowest BCUT2D eigenvalue weighted by atomic mass is 10.0. The molecule has 1 N–H and O–H groups in total. The summed E-state index contributed by atoms with van der Waals surface area (Å²) in [5.74, 6) is 0.515. The molecular weight excluding hydrogens is 342 g/mol. The predicted octanol–water partition coefficient (Wildman–Crippen LogP) is 1.81. The van der Waals surface area contributed by atoms with Crippen molar-refractivity contribution < 1.29 is 9.53 Å². The van der Waals surface area contributed by atoms with E-state index >= 15 is 0 Å². The van der Waals surface area contributed by atoms with Gasteiger partial charge in [0.25, 0.3) is 5.91 Å². The second kappa shape index (κ2) is 8.45. The van der Waals surface area contributed by atoms with Gasteiger partial charge in [-0.3, -0.25) is 9.69 Å². The number of carbonyl (C=O) groups is 1. The molecule has 1 aromatic carbocycles. The molecule has 1 fully saturated rings. The third-order valence-corrected chi connectivity index (χ3v) is 5.07. The highest BCUT2D eigenvalue weighted by Gasteiger charge is 2.23. The Balaban J connectivity index is 1.35. The van der Waals surface area contributed by atoms with Crippen LogP contribution in [-0.2, 0) is 11.2 Å². The number of hydrogen-bond donors (Lipinski definition) is 1. The van der Waals surface area contributed by atoms with Crippen molar-refractivity contribution >= 4 is 17.5 Å². The Hall–Kier alpha value is -2.51. The number of amides is 1. The maximum absolute atomic E-state index is 12.9. The normalized spacial score (nSPS) is 17.4. The largest absolute Gasteiger partial charge is 0.379 e. The topological polar surface area (TPSA) is 70.6 Å². The van der Waals surface area contributed by atoms with Crippen LogP contribution >= 0.6 is 0 Å². The lowest BCUT2D eigenvalue weighted by Crippen LogP contribution is -2.39. The highest BCUT2D eigenvalue weighted by atomic mass is 16.5. The van der Waals surface area contributed by atoms with Gasteiger partial charge in [-0.1, -0.05) is 18.2 Å². The van der Waals surface area contributed by atoms with E-state index in [1.807, 2.05) is 23.1 Å². The molecule has 0 spiro atoms. The Morgan fingerprint density at radius 2 is 1.89 bits per heavy atom. The molecule has 0 radical (unpaired) electrons. The molecule has 7 nitrogen and oxygen atoms in total. The number of anilines is 2. The van der Waals surface area contributed by atoms with E-state index in [0.717, 1.165) is 64.5 Å². The fourth-order valence-electron chi connectivity index (χ4n) is 3.58. The van der Waals surface area contributed by atoms with Gasteiger partial charge in [0.05, 0.1) is 18.8 Å². The number of aryl methyl sites for hydroxylation is 1. The van der Waals surface area contributed by atoms with Gasteiger partial charge in [0.2, 0.25) is 5.95 Å². The minimum atomic E-state index is -0.0398. The number of morpholine rings is 1. The molecule has 3 heterocycles. The Morgan fingerprint density at radius 3 is 2.70 bits per heavy atom. The van der Waals surface area contributed by atoms with Crippen LogP contribution in [-0.4, -0.2) is 66.7 Å². The van der Waals surface area contributed by atoms with Crippen LogP contribution < -0.4 is 10.2 Å². The fraction of sp³-hybridized carbons (Fsp3) is 0.450. The standard InChI is InChI=1S/C20H25N5O2/c26-19(25-8-3-5-16-4-1-2-6-18(16)25)17-14-22-20(23-15-17)21-7-9-24-10-12-27-13-11-24/h1-2,4,6,14-15H,3,5,7-13H2,(H,21,22,23). The molecule has 0 atom stereocenters. The number of carbonyl (C=O) groups excluding carboxylic acids is 1. The number of benzene rings is 1. The highest BCUT2D eigenvalue weighted by molar-refractivity contribution is 6.06. The van der Waals surface area contributed by atoms with Crippen LogP contribution in [0.4, 0.5) is 11.6 Å². The van der Waals surface area contributed by atoms with Crippen LogP contribution in [0.5, 0.6) is 0 Å². The molecule has 1 amide bonds. The summed E-state index contributed by atoms with van der Waals surface area (Å²) >= 11 is 0. The van der Waals surface area contributed by atoms with Gasteiger partial charge in [0.15, 0.2) is 0 Å². The Labute approximate surface area is 159 Å². The second-order valence-corrected chi connectivity index (χ2v) is 6.87. The van der Waals surface area contributed by atoms with Crippen LogP contribution in [0.1, 0.15) is 22.3 Å². The molecule has 0 aliphatic carbocycles. The van der Waals surface area contributed by atoms with Crippen LogP contribution in [0.3, 0.4) is 0 Å².